The van der Waals surface area contributed by atoms with Crippen LogP contribution in [-0.2, 0) is 115 Å². The Labute approximate surface area is 535 Å². The molecule has 3 aliphatic carbocycles. The smallest absolute Gasteiger partial charge is 0.308 e. The van der Waals surface area contributed by atoms with Crippen LogP contribution in [0.3, 0.4) is 0 Å². The third-order valence-electron chi connectivity index (χ3n) is 23.5. The predicted molar refractivity (Wildman–Crippen MR) is 314 cm³/mol. The van der Waals surface area contributed by atoms with Gasteiger partial charge in [-0.15, -0.1) is 0 Å². The molecule has 0 aromatic heterocycles. The summed E-state index contributed by atoms with van der Waals surface area (Å²) in [5.74, 6) is -7.11. The van der Waals surface area contributed by atoms with E-state index in [2.05, 4.69) is 33.0 Å². The molecular weight excluding hydrogens is 1190 g/mol. The molecule has 1 N–H and O–H groups in total. The zero-order chi connectivity index (χ0) is 65.5. The van der Waals surface area contributed by atoms with E-state index >= 15 is 0 Å². The predicted octanol–water partition coefficient (Wildman–Crippen LogP) is 8.53. The largest absolute Gasteiger partial charge is 0.463 e. The average Bonchev–Trinajstić information content (AvgIpc) is 1.71. The minimum Gasteiger partial charge on any atom is -0.463 e. The van der Waals surface area contributed by atoms with Gasteiger partial charge in [0.15, 0.2) is 23.5 Å². The van der Waals surface area contributed by atoms with Crippen LogP contribution < -0.4 is 5.32 Å². The number of fused-ring (bicyclic) bond motifs is 8. The van der Waals surface area contributed by atoms with Gasteiger partial charge in [-0.2, -0.15) is 0 Å². The van der Waals surface area contributed by atoms with Gasteiger partial charge in [0.05, 0.1) is 51.7 Å². The van der Waals surface area contributed by atoms with Crippen molar-refractivity contribution in [3.8, 4) is 0 Å². The van der Waals surface area contributed by atoms with Crippen molar-refractivity contribution in [2.75, 3.05) is 53.8 Å². The number of nitrogens with one attached hydrogen (secondary N) is 1. The normalized spacial score (nSPS) is 41.6. The third kappa shape index (κ3) is 13.9. The minimum atomic E-state index is -1.56. The van der Waals surface area contributed by atoms with Crippen molar-refractivity contribution in [1.82, 2.24) is 5.32 Å². The summed E-state index contributed by atoms with van der Waals surface area (Å²) in [6.07, 6.45) is 3.45. The molecule has 25 nitrogen and oxygen atoms in total. The summed E-state index contributed by atoms with van der Waals surface area (Å²) in [7, 11) is 2.92. The van der Waals surface area contributed by atoms with Crippen LogP contribution in [0.15, 0.2) is 0 Å². The lowest BCUT2D eigenvalue weighted by Gasteiger charge is -2.59. The number of hydrogen-bond donors (Lipinski definition) is 1. The number of ether oxygens (including phenoxy) is 12. The number of methoxy groups -OCH3 is 2. The van der Waals surface area contributed by atoms with Gasteiger partial charge in [0.1, 0.15) is 36.6 Å². The molecule has 6 bridgehead atoms. The zero-order valence-electron chi connectivity index (χ0n) is 55.9. The standard InChI is InChI=1S/C66H103NO24/c1-14-67-63(33-76-49(68)19-22-52(71)81-55(74-12)41(5)47-17-15-38(2)44-26-30-60(9)79-36-64(44,47)89-86-60,34-77-50(69)20-23-53(72)82-56-42(6)48-18-16-39(3)46-28-32-62(11)85-58(84-56)66(46,48)91-88-62)35-78-51(70)21-24-54(73)83-57(75-13)43(7)59(8)29-25-40(4)45-27-31-61(10)80-37-65(45,59)90-87-61/h38-48,55-58,67H,14-37H2,1-13H3/t38-,39-,40-,41-,42-,43+,44+,45+,46+,47+,48+,55+,56-,57+,58-,59+,60-,61-,62-,63?,64-,65-,66-/m1/s1. The molecule has 25 heteroatoms. The fourth-order valence-corrected chi connectivity index (χ4v) is 17.5. The second kappa shape index (κ2) is 27.8. The number of carbonyl (C=O) groups excluding carboxylic acids is 6. The third-order valence-corrected chi connectivity index (χ3v) is 23.5. The van der Waals surface area contributed by atoms with Crippen LogP contribution in [0.2, 0.25) is 0 Å². The highest BCUT2D eigenvalue weighted by atomic mass is 17.3. The molecule has 23 atom stereocenters. The van der Waals surface area contributed by atoms with E-state index in [1.807, 2.05) is 41.5 Å². The van der Waals surface area contributed by atoms with Crippen molar-refractivity contribution < 1.29 is 115 Å². The van der Waals surface area contributed by atoms with Gasteiger partial charge in [-0.1, -0.05) is 55.4 Å². The maximum absolute atomic E-state index is 13.7. The molecule has 3 spiro atoms. The van der Waals surface area contributed by atoms with E-state index in [0.29, 0.717) is 50.2 Å². The van der Waals surface area contributed by atoms with Gasteiger partial charge in [0, 0.05) is 68.5 Å². The molecule has 10 saturated heterocycles. The topological polar surface area (TPSA) is 281 Å². The number of likely N-dealkylation sites (N-methyl/N-ethyl adjacent to an activating group) is 1. The molecule has 1 unspecified atom stereocenters. The van der Waals surface area contributed by atoms with Gasteiger partial charge < -0.3 is 62.2 Å². The first-order chi connectivity index (χ1) is 43.1. The van der Waals surface area contributed by atoms with Gasteiger partial charge in [-0.05, 0) is 121 Å². The molecule has 13 aliphatic rings. The van der Waals surface area contributed by atoms with Crippen LogP contribution in [0.1, 0.15) is 192 Å². The second-order valence-electron chi connectivity index (χ2n) is 29.3. The average molecular weight is 1290 g/mol. The van der Waals surface area contributed by atoms with E-state index < -0.39 is 151 Å². The highest BCUT2D eigenvalue weighted by Crippen LogP contribution is 2.63. The Morgan fingerprint density at radius 1 is 0.538 bits per heavy atom. The first-order valence-corrected chi connectivity index (χ1v) is 33.7. The van der Waals surface area contributed by atoms with Crippen LogP contribution in [0.25, 0.3) is 0 Å². The minimum absolute atomic E-state index is 0.0986. The number of hydrogen-bond acceptors (Lipinski definition) is 25. The molecule has 13 fully saturated rings. The Kier molecular flexibility index (Phi) is 21.4. The van der Waals surface area contributed by atoms with E-state index in [1.165, 1.54) is 14.2 Å². The van der Waals surface area contributed by atoms with E-state index in [0.717, 1.165) is 57.8 Å². The van der Waals surface area contributed by atoms with E-state index in [4.69, 9.17) is 86.2 Å². The molecule has 13 rings (SSSR count). The van der Waals surface area contributed by atoms with Crippen molar-refractivity contribution in [3.63, 3.8) is 0 Å². The van der Waals surface area contributed by atoms with Crippen LogP contribution in [0.5, 0.6) is 0 Å². The highest BCUT2D eigenvalue weighted by molar-refractivity contribution is 5.79. The molecular formula is C66H103NO24. The van der Waals surface area contributed by atoms with Gasteiger partial charge >= 0.3 is 35.8 Å². The summed E-state index contributed by atoms with van der Waals surface area (Å²) in [4.78, 5) is 118. The quantitative estimate of drug-likeness (QED) is 0.0367. The van der Waals surface area contributed by atoms with Gasteiger partial charge in [0.25, 0.3) is 0 Å². The van der Waals surface area contributed by atoms with Gasteiger partial charge in [-0.25, -0.2) is 29.3 Å². The summed E-state index contributed by atoms with van der Waals surface area (Å²) >= 11 is 0. The Hall–Kier alpha value is -3.70. The van der Waals surface area contributed by atoms with Crippen LogP contribution >= 0.6 is 0 Å². The molecule has 10 aliphatic heterocycles. The highest BCUT2D eigenvalue weighted by Gasteiger charge is 2.71. The first kappa shape index (κ1) is 70.1. The Bertz CT molecular complexity index is 2590. The van der Waals surface area contributed by atoms with E-state index in [9.17, 15) is 28.8 Å². The maximum Gasteiger partial charge on any atom is 0.308 e. The summed E-state index contributed by atoms with van der Waals surface area (Å²) in [6, 6.07) is 0. The molecule has 0 radical (unpaired) electrons. The Morgan fingerprint density at radius 2 is 1.05 bits per heavy atom. The molecule has 0 amide bonds. The lowest BCUT2D eigenvalue weighted by molar-refractivity contribution is -0.576. The van der Waals surface area contributed by atoms with E-state index in [1.54, 1.807) is 6.92 Å². The summed E-state index contributed by atoms with van der Waals surface area (Å²) in [5, 5.41) is 3.17. The summed E-state index contributed by atoms with van der Waals surface area (Å²) in [5.41, 5.74) is -4.62. The summed E-state index contributed by atoms with van der Waals surface area (Å²) < 4.78 is 72.1. The number of carbonyl (C=O) groups is 6. The SMILES string of the molecule is CCNC(COC(=O)CCC(=O)O[C@H](OC)[C@H](C)[C@@H]1CC[C@@H](C)[C@@H]2CC[C@]3(C)OC[C@]12OO3)(COC(=O)CCC(=O)O[C@@H]1O[C@@H]2O[C@@]3(C)CC[C@H]4[C@H](C)CC[C@@H]([C@H]1C)[C@@]24OO3)COC(=O)CCC(=O)O[C@H](OC)[C@H](C)[C@]1(C)CC[C@@H](C)[C@@H]2CC[C@]3(C)OC[C@@]21OO3. The number of rotatable bonds is 26. The number of esters is 6. The molecule has 0 aromatic rings. The molecule has 10 heterocycles. The van der Waals surface area contributed by atoms with Crippen LogP contribution in [-0.4, -0.2) is 154 Å². The second-order valence-corrected chi connectivity index (χ2v) is 29.3. The molecule has 91 heavy (non-hydrogen) atoms. The zero-order valence-corrected chi connectivity index (χ0v) is 55.9. The monoisotopic (exact) mass is 1290 g/mol. The summed E-state index contributed by atoms with van der Waals surface area (Å²) in [6.45, 7) is 21.3. The maximum atomic E-state index is 13.7. The van der Waals surface area contributed by atoms with Crippen molar-refractivity contribution in [2.24, 2.45) is 70.5 Å². The first-order valence-electron chi connectivity index (χ1n) is 33.7. The lowest BCUT2D eigenvalue weighted by Crippen LogP contribution is -2.70. The molecule has 0 aromatic carbocycles. The van der Waals surface area contributed by atoms with Crippen molar-refractivity contribution >= 4 is 35.8 Å². The lowest BCUT2D eigenvalue weighted by atomic mass is 9.51. The molecule has 3 saturated carbocycles. The van der Waals surface area contributed by atoms with Gasteiger partial charge in [0.2, 0.25) is 24.7 Å². The van der Waals surface area contributed by atoms with Crippen LogP contribution in [0.4, 0.5) is 0 Å². The fourth-order valence-electron chi connectivity index (χ4n) is 17.5. The van der Waals surface area contributed by atoms with Crippen LogP contribution in [0, 0.1) is 70.5 Å². The van der Waals surface area contributed by atoms with Crippen molar-refractivity contribution in [1.29, 1.82) is 0 Å². The van der Waals surface area contributed by atoms with E-state index in [-0.39, 0.29) is 67.2 Å². The fraction of sp³-hybridized carbons (Fsp3) is 0.909. The Balaban J connectivity index is 0.751. The van der Waals surface area contributed by atoms with Crippen molar-refractivity contribution in [2.45, 2.75) is 257 Å². The molecule has 516 valence electrons. The Morgan fingerprint density at radius 3 is 1.64 bits per heavy atom. The van der Waals surface area contributed by atoms with Crippen molar-refractivity contribution in [3.05, 3.63) is 0 Å². The van der Waals surface area contributed by atoms with Gasteiger partial charge in [-0.3, -0.25) is 28.8 Å².